The summed E-state index contributed by atoms with van der Waals surface area (Å²) in [6.07, 6.45) is 0. The van der Waals surface area contributed by atoms with Crippen LogP contribution in [0.5, 0.6) is 0 Å². The maximum absolute atomic E-state index is 13.4. The van der Waals surface area contributed by atoms with Crippen LogP contribution in [0, 0.1) is 17.1 Å². The quantitative estimate of drug-likeness (QED) is 0.889. The Morgan fingerprint density at radius 2 is 2.18 bits per heavy atom. The minimum atomic E-state index is -1.24. The van der Waals surface area contributed by atoms with Gasteiger partial charge in [-0.3, -0.25) is 4.21 Å². The molecule has 1 rings (SSSR count). The third kappa shape index (κ3) is 4.63. The number of halogens is 1. The van der Waals surface area contributed by atoms with E-state index in [0.29, 0.717) is 16.9 Å². The van der Waals surface area contributed by atoms with Gasteiger partial charge in [0.2, 0.25) is 0 Å². The summed E-state index contributed by atoms with van der Waals surface area (Å²) in [7, 11) is -1.24. The van der Waals surface area contributed by atoms with Crippen LogP contribution >= 0.6 is 0 Å². The Balaban J connectivity index is 2.82. The molecule has 0 aliphatic rings. The average Bonchev–Trinajstić information content (AvgIpc) is 2.18. The van der Waals surface area contributed by atoms with Crippen molar-refractivity contribution in [3.8, 4) is 6.07 Å². The summed E-state index contributed by atoms with van der Waals surface area (Å²) < 4.78 is 25.2. The van der Waals surface area contributed by atoms with Crippen molar-refractivity contribution in [2.75, 3.05) is 5.75 Å². The van der Waals surface area contributed by atoms with Gasteiger partial charge in [-0.2, -0.15) is 5.26 Å². The Hall–Kier alpha value is -1.25. The van der Waals surface area contributed by atoms with Crippen molar-refractivity contribution in [3.63, 3.8) is 0 Å². The highest BCUT2D eigenvalue weighted by Gasteiger charge is 2.16. The fraction of sp³-hybridized carbons (Fsp3) is 0.417. The molecule has 2 N–H and O–H groups in total. The van der Waals surface area contributed by atoms with Crippen LogP contribution in [-0.4, -0.2) is 15.5 Å². The fourth-order valence-electron chi connectivity index (χ4n) is 1.39. The van der Waals surface area contributed by atoms with Crippen molar-refractivity contribution < 1.29 is 8.60 Å². The highest BCUT2D eigenvalue weighted by Crippen LogP contribution is 2.13. The monoisotopic (exact) mass is 254 g/mol. The molecule has 1 aromatic rings. The maximum atomic E-state index is 13.4. The first-order chi connectivity index (χ1) is 7.81. The van der Waals surface area contributed by atoms with E-state index in [1.54, 1.807) is 13.8 Å². The molecule has 0 bridgehead atoms. The molecule has 5 heteroatoms. The van der Waals surface area contributed by atoms with E-state index in [4.69, 9.17) is 11.0 Å². The molecular weight excluding hydrogens is 239 g/mol. The number of hydrogen-bond acceptors (Lipinski definition) is 3. The lowest BCUT2D eigenvalue weighted by atomic mass is 10.1. The molecular formula is C12H15FN2OS. The van der Waals surface area contributed by atoms with Crippen LogP contribution in [0.4, 0.5) is 4.39 Å². The van der Waals surface area contributed by atoms with Crippen molar-refractivity contribution in [2.45, 2.75) is 25.1 Å². The van der Waals surface area contributed by atoms with E-state index in [1.165, 1.54) is 18.2 Å². The molecule has 0 saturated carbocycles. The molecule has 1 unspecified atom stereocenters. The van der Waals surface area contributed by atoms with Gasteiger partial charge in [-0.1, -0.05) is 0 Å². The van der Waals surface area contributed by atoms with Gasteiger partial charge in [0.25, 0.3) is 0 Å². The predicted molar refractivity (Wildman–Crippen MR) is 66.1 cm³/mol. The van der Waals surface area contributed by atoms with E-state index in [1.807, 2.05) is 6.07 Å². The molecule has 3 nitrogen and oxygen atoms in total. The van der Waals surface area contributed by atoms with Gasteiger partial charge < -0.3 is 5.73 Å². The van der Waals surface area contributed by atoms with Crippen molar-refractivity contribution >= 4 is 10.8 Å². The minimum absolute atomic E-state index is 0.0853. The molecule has 1 aromatic carbocycles. The highest BCUT2D eigenvalue weighted by molar-refractivity contribution is 7.84. The van der Waals surface area contributed by atoms with Crippen LogP contribution in [0.2, 0.25) is 0 Å². The van der Waals surface area contributed by atoms with E-state index in [-0.39, 0.29) is 5.75 Å². The fourth-order valence-corrected chi connectivity index (χ4v) is 2.89. The predicted octanol–water partition coefficient (Wildman–Crippen LogP) is 1.68. The van der Waals surface area contributed by atoms with Crippen LogP contribution in [0.15, 0.2) is 18.2 Å². The average molecular weight is 254 g/mol. The Morgan fingerprint density at radius 3 is 2.71 bits per heavy atom. The topological polar surface area (TPSA) is 66.9 Å². The van der Waals surface area contributed by atoms with Crippen molar-refractivity contribution in [3.05, 3.63) is 35.1 Å². The van der Waals surface area contributed by atoms with Gasteiger partial charge >= 0.3 is 0 Å². The maximum Gasteiger partial charge on any atom is 0.127 e. The van der Waals surface area contributed by atoms with Crippen LogP contribution in [0.1, 0.15) is 25.0 Å². The number of nitriles is 1. The molecule has 0 saturated heterocycles. The normalized spacial score (nSPS) is 13.1. The van der Waals surface area contributed by atoms with Gasteiger partial charge in [0.05, 0.1) is 17.4 Å². The summed E-state index contributed by atoms with van der Waals surface area (Å²) in [5.74, 6) is -0.0576. The Bertz CT molecular complexity index is 474. The Morgan fingerprint density at radius 1 is 1.53 bits per heavy atom. The van der Waals surface area contributed by atoms with Crippen molar-refractivity contribution in [2.24, 2.45) is 5.73 Å². The second kappa shape index (κ2) is 5.39. The van der Waals surface area contributed by atoms with Crippen molar-refractivity contribution in [1.82, 2.24) is 0 Å². The Kier molecular flexibility index (Phi) is 4.38. The zero-order chi connectivity index (χ0) is 13.1. The first-order valence-electron chi connectivity index (χ1n) is 5.14. The molecule has 0 aliphatic carbocycles. The second-order valence-corrected chi connectivity index (χ2v) is 6.09. The molecule has 1 atom stereocenters. The molecule has 0 aromatic heterocycles. The number of nitrogens with two attached hydrogens (primary N) is 1. The number of rotatable bonds is 4. The molecule has 92 valence electrons. The summed E-state index contributed by atoms with van der Waals surface area (Å²) in [6.45, 7) is 3.54. The highest BCUT2D eigenvalue weighted by atomic mass is 32.2. The lowest BCUT2D eigenvalue weighted by Crippen LogP contribution is -2.38. The summed E-state index contributed by atoms with van der Waals surface area (Å²) in [4.78, 5) is 0. The van der Waals surface area contributed by atoms with Gasteiger partial charge in [-0.15, -0.1) is 0 Å². The number of nitrogens with zero attached hydrogens (tertiary/aromatic N) is 1. The molecule has 0 amide bonds. The zero-order valence-electron chi connectivity index (χ0n) is 9.87. The summed E-state index contributed by atoms with van der Waals surface area (Å²) in [6, 6.07) is 5.97. The summed E-state index contributed by atoms with van der Waals surface area (Å²) >= 11 is 0. The van der Waals surface area contributed by atoms with Crippen LogP contribution in [-0.2, 0) is 16.6 Å². The third-order valence-electron chi connectivity index (χ3n) is 2.02. The van der Waals surface area contributed by atoms with Crippen molar-refractivity contribution in [1.29, 1.82) is 5.26 Å². The minimum Gasteiger partial charge on any atom is -0.325 e. The van der Waals surface area contributed by atoms with Gasteiger partial charge in [-0.25, -0.2) is 4.39 Å². The van der Waals surface area contributed by atoms with Crippen LogP contribution in [0.25, 0.3) is 0 Å². The zero-order valence-corrected chi connectivity index (χ0v) is 10.7. The third-order valence-corrected chi connectivity index (χ3v) is 3.72. The lowest BCUT2D eigenvalue weighted by molar-refractivity contribution is 0.576. The first-order valence-corrected chi connectivity index (χ1v) is 6.63. The summed E-state index contributed by atoms with van der Waals surface area (Å²) in [5.41, 5.74) is 5.86. The Labute approximate surface area is 103 Å². The van der Waals surface area contributed by atoms with E-state index >= 15 is 0 Å². The lowest BCUT2D eigenvalue weighted by Gasteiger charge is -2.17. The molecule has 0 aliphatic heterocycles. The van der Waals surface area contributed by atoms with E-state index in [0.717, 1.165) is 0 Å². The van der Waals surface area contributed by atoms with Gasteiger partial charge in [0, 0.05) is 27.7 Å². The smallest absolute Gasteiger partial charge is 0.127 e. The van der Waals surface area contributed by atoms with E-state index < -0.39 is 22.2 Å². The van der Waals surface area contributed by atoms with E-state index in [2.05, 4.69) is 0 Å². The summed E-state index contributed by atoms with van der Waals surface area (Å²) in [5, 5.41) is 8.71. The molecule has 0 spiro atoms. The first kappa shape index (κ1) is 13.8. The standard InChI is InChI=1S/C12H15FN2OS/c1-12(2,15)8-17(16)7-10-5-9(6-14)3-4-11(10)13/h3-5H,7-8,15H2,1-2H3. The van der Waals surface area contributed by atoms with Gasteiger partial charge in [0.1, 0.15) is 5.82 Å². The largest absolute Gasteiger partial charge is 0.325 e. The molecule has 0 fully saturated rings. The second-order valence-electron chi connectivity index (χ2n) is 4.64. The number of benzene rings is 1. The van der Waals surface area contributed by atoms with E-state index in [9.17, 15) is 8.60 Å². The molecule has 0 heterocycles. The molecule has 0 radical (unpaired) electrons. The van der Waals surface area contributed by atoms with Crippen LogP contribution in [0.3, 0.4) is 0 Å². The number of hydrogen-bond donors (Lipinski definition) is 1. The molecule has 17 heavy (non-hydrogen) atoms. The van der Waals surface area contributed by atoms with Gasteiger partial charge in [-0.05, 0) is 32.0 Å². The SMILES string of the molecule is CC(C)(N)CS(=O)Cc1cc(C#N)ccc1F. The van der Waals surface area contributed by atoms with Gasteiger partial charge in [0.15, 0.2) is 0 Å². The van der Waals surface area contributed by atoms with Crippen LogP contribution < -0.4 is 5.73 Å².